The highest BCUT2D eigenvalue weighted by Crippen LogP contribution is 2.37. The number of allylic oxidation sites excluding steroid dienone is 1. The molecule has 0 bridgehead atoms. The number of benzene rings is 1. The molecule has 1 aromatic carbocycles. The van der Waals surface area contributed by atoms with Crippen molar-refractivity contribution in [3.63, 3.8) is 0 Å². The lowest BCUT2D eigenvalue weighted by molar-refractivity contribution is -0.135. The Labute approximate surface area is 210 Å². The lowest BCUT2D eigenvalue weighted by atomic mass is 9.78. The molecule has 1 amide bonds. The van der Waals surface area contributed by atoms with E-state index in [0.29, 0.717) is 17.7 Å². The van der Waals surface area contributed by atoms with Crippen LogP contribution in [0.5, 0.6) is 5.75 Å². The predicted molar refractivity (Wildman–Crippen MR) is 143 cm³/mol. The van der Waals surface area contributed by atoms with E-state index in [-0.39, 0.29) is 5.92 Å². The summed E-state index contributed by atoms with van der Waals surface area (Å²) in [6.07, 6.45) is 15.3. The maximum Gasteiger partial charge on any atom is 0.226 e. The molecular weight excluding hydrogens is 436 g/mol. The Balaban J connectivity index is 1.18. The van der Waals surface area contributed by atoms with Crippen LogP contribution in [0.15, 0.2) is 58.7 Å². The molecule has 35 heavy (non-hydrogen) atoms. The van der Waals surface area contributed by atoms with Gasteiger partial charge in [-0.2, -0.15) is 0 Å². The monoisotopic (exact) mass is 476 g/mol. The Morgan fingerprint density at radius 1 is 1.03 bits per heavy atom. The number of guanidine groups is 1. The fraction of sp³-hybridized carbons (Fsp3) is 0.552. The Hall–Kier alpha value is -2.89. The summed E-state index contributed by atoms with van der Waals surface area (Å²) >= 11 is 0. The molecule has 188 valence electrons. The molecular formula is C29H40N4O2. The van der Waals surface area contributed by atoms with Crippen LogP contribution in [-0.4, -0.2) is 61.2 Å². The zero-order chi connectivity index (χ0) is 24.5. The van der Waals surface area contributed by atoms with Crippen LogP contribution in [0, 0.1) is 11.8 Å². The molecule has 0 spiro atoms. The zero-order valence-electron chi connectivity index (χ0n) is 21.1. The maximum absolute atomic E-state index is 12.7. The van der Waals surface area contributed by atoms with Crippen LogP contribution < -0.4 is 4.74 Å². The first kappa shape index (κ1) is 25.2. The summed E-state index contributed by atoms with van der Waals surface area (Å²) in [5.41, 5.74) is 1.38. The average Bonchev–Trinajstić information content (AvgIpc) is 3.46. The number of aliphatic imine (C=N–C) groups is 2. The van der Waals surface area contributed by atoms with Crippen LogP contribution in [0.2, 0.25) is 0 Å². The van der Waals surface area contributed by atoms with Gasteiger partial charge in [-0.1, -0.05) is 37.3 Å². The fourth-order valence-corrected chi connectivity index (χ4v) is 5.39. The number of likely N-dealkylation sites (tertiary alicyclic amines) is 1. The number of amides is 1. The minimum absolute atomic E-state index is 0.206. The van der Waals surface area contributed by atoms with Gasteiger partial charge in [0.15, 0.2) is 0 Å². The normalized spacial score (nSPS) is 23.7. The van der Waals surface area contributed by atoms with Crippen molar-refractivity contribution in [3.8, 4) is 5.75 Å². The van der Waals surface area contributed by atoms with E-state index in [1.807, 2.05) is 17.2 Å². The molecule has 0 atom stereocenters. The molecule has 6 nitrogen and oxygen atoms in total. The average molecular weight is 477 g/mol. The Kier molecular flexibility index (Phi) is 9.15. The van der Waals surface area contributed by atoms with Gasteiger partial charge in [0.25, 0.3) is 0 Å². The van der Waals surface area contributed by atoms with Gasteiger partial charge in [-0.15, -0.1) is 0 Å². The van der Waals surface area contributed by atoms with Crippen molar-refractivity contribution in [1.29, 1.82) is 0 Å². The SMILES string of the molecule is C=N/C(=N\C=C\CC)N1CCC(COc2ccc(C3CCC(C(=O)N4CC=CC4)CC3)cc2)CC1. The molecule has 1 saturated heterocycles. The Morgan fingerprint density at radius 2 is 1.71 bits per heavy atom. The first-order valence-corrected chi connectivity index (χ1v) is 13.3. The van der Waals surface area contributed by atoms with Crippen LogP contribution in [0.3, 0.4) is 0 Å². The molecule has 2 heterocycles. The van der Waals surface area contributed by atoms with Gasteiger partial charge < -0.3 is 14.5 Å². The summed E-state index contributed by atoms with van der Waals surface area (Å²) in [6.45, 7) is 9.96. The van der Waals surface area contributed by atoms with Gasteiger partial charge in [0.2, 0.25) is 11.9 Å². The number of rotatable bonds is 7. The van der Waals surface area contributed by atoms with Crippen LogP contribution in [0.4, 0.5) is 0 Å². The van der Waals surface area contributed by atoms with Gasteiger partial charge in [0.1, 0.15) is 5.75 Å². The number of nitrogens with zero attached hydrogens (tertiary/aromatic N) is 4. The molecule has 0 N–H and O–H groups in total. The molecule has 2 aliphatic heterocycles. The fourth-order valence-electron chi connectivity index (χ4n) is 5.39. The van der Waals surface area contributed by atoms with Crippen LogP contribution in [0.1, 0.15) is 63.4 Å². The Bertz CT molecular complexity index is 913. The lowest BCUT2D eigenvalue weighted by Gasteiger charge is -2.32. The third-order valence-electron chi connectivity index (χ3n) is 7.61. The standard InChI is InChI=1S/C29H40N4O2/c1-3-4-17-31-29(30-2)33-20-15-23(16-21-33)22-35-27-13-11-25(12-14-27)24-7-9-26(10-8-24)28(34)32-18-5-6-19-32/h4-6,11-14,17,23-24,26H,2-3,7-10,15-16,18-22H2,1H3/b17-4+,31-29+. The van der Waals surface area contributed by atoms with Crippen LogP contribution in [0.25, 0.3) is 0 Å². The summed E-state index contributed by atoms with van der Waals surface area (Å²) in [6, 6.07) is 8.67. The van der Waals surface area contributed by atoms with E-state index < -0.39 is 0 Å². The van der Waals surface area contributed by atoms with Crippen molar-refractivity contribution < 1.29 is 9.53 Å². The van der Waals surface area contributed by atoms with Gasteiger partial charge in [0, 0.05) is 38.3 Å². The zero-order valence-corrected chi connectivity index (χ0v) is 21.1. The van der Waals surface area contributed by atoms with E-state index >= 15 is 0 Å². The first-order chi connectivity index (χ1) is 17.2. The molecule has 4 rings (SSSR count). The second-order valence-corrected chi connectivity index (χ2v) is 9.95. The topological polar surface area (TPSA) is 57.5 Å². The largest absolute Gasteiger partial charge is 0.493 e. The van der Waals surface area contributed by atoms with E-state index in [0.717, 1.165) is 89.4 Å². The predicted octanol–water partition coefficient (Wildman–Crippen LogP) is 5.43. The number of carbonyl (C=O) groups is 1. The number of hydrogen-bond donors (Lipinski definition) is 0. The van der Waals surface area contributed by atoms with Crippen molar-refractivity contribution in [2.45, 2.75) is 57.8 Å². The molecule has 6 heteroatoms. The summed E-state index contributed by atoms with van der Waals surface area (Å²) < 4.78 is 6.14. The number of ether oxygens (including phenoxy) is 1. The van der Waals surface area contributed by atoms with E-state index in [2.05, 4.69) is 64.9 Å². The number of hydrogen-bond acceptors (Lipinski definition) is 3. The van der Waals surface area contributed by atoms with Gasteiger partial charge >= 0.3 is 0 Å². The first-order valence-electron chi connectivity index (χ1n) is 13.3. The van der Waals surface area contributed by atoms with E-state index in [4.69, 9.17) is 4.74 Å². The molecule has 2 fully saturated rings. The molecule has 1 saturated carbocycles. The number of piperidine rings is 1. The summed E-state index contributed by atoms with van der Waals surface area (Å²) in [7, 11) is 0. The van der Waals surface area contributed by atoms with Gasteiger partial charge in [-0.3, -0.25) is 4.79 Å². The summed E-state index contributed by atoms with van der Waals surface area (Å²) in [4.78, 5) is 25.4. The van der Waals surface area contributed by atoms with Crippen molar-refractivity contribution in [1.82, 2.24) is 9.80 Å². The maximum atomic E-state index is 12.7. The third-order valence-corrected chi connectivity index (χ3v) is 7.61. The molecule has 1 aliphatic carbocycles. The van der Waals surface area contributed by atoms with Gasteiger partial charge in [-0.25, -0.2) is 9.98 Å². The highest BCUT2D eigenvalue weighted by Gasteiger charge is 2.30. The molecule has 0 unspecified atom stereocenters. The minimum Gasteiger partial charge on any atom is -0.493 e. The molecule has 1 aromatic rings. The summed E-state index contributed by atoms with van der Waals surface area (Å²) in [5.74, 6) is 3.31. The van der Waals surface area contributed by atoms with Crippen molar-refractivity contribution in [2.24, 2.45) is 21.8 Å². The molecule has 0 aromatic heterocycles. The number of carbonyl (C=O) groups excluding carboxylic acids is 1. The lowest BCUT2D eigenvalue weighted by Crippen LogP contribution is -2.38. The van der Waals surface area contributed by atoms with E-state index in [1.165, 1.54) is 5.56 Å². The minimum atomic E-state index is 0.206. The van der Waals surface area contributed by atoms with Crippen LogP contribution in [-0.2, 0) is 4.79 Å². The highest BCUT2D eigenvalue weighted by molar-refractivity contribution is 5.84. The third kappa shape index (κ3) is 6.83. The van der Waals surface area contributed by atoms with Crippen molar-refractivity contribution in [2.75, 3.05) is 32.8 Å². The smallest absolute Gasteiger partial charge is 0.226 e. The van der Waals surface area contributed by atoms with Crippen molar-refractivity contribution >= 4 is 18.6 Å². The second kappa shape index (κ2) is 12.7. The second-order valence-electron chi connectivity index (χ2n) is 9.95. The summed E-state index contributed by atoms with van der Waals surface area (Å²) in [5, 5.41) is 0. The van der Waals surface area contributed by atoms with Gasteiger partial charge in [-0.05, 0) is 81.2 Å². The van der Waals surface area contributed by atoms with Crippen LogP contribution >= 0.6 is 0 Å². The van der Waals surface area contributed by atoms with Gasteiger partial charge in [0.05, 0.1) is 6.61 Å². The molecule has 0 radical (unpaired) electrons. The van der Waals surface area contributed by atoms with E-state index in [9.17, 15) is 4.79 Å². The molecule has 3 aliphatic rings. The quantitative estimate of drug-likeness (QED) is 0.300. The van der Waals surface area contributed by atoms with Crippen molar-refractivity contribution in [3.05, 3.63) is 54.3 Å². The van der Waals surface area contributed by atoms with E-state index in [1.54, 1.807) is 0 Å². The Morgan fingerprint density at radius 3 is 2.34 bits per heavy atom. The highest BCUT2D eigenvalue weighted by atomic mass is 16.5.